The molecule has 4 N–H and O–H groups in total. The number of nitrogens with zero attached hydrogens (tertiary/aromatic N) is 3. The zero-order valence-electron chi connectivity index (χ0n) is 12.0. The topological polar surface area (TPSA) is 151 Å². The number of allylic oxidation sites excluding steroid dienone is 1. The smallest absolute Gasteiger partial charge is 0.342 e. The summed E-state index contributed by atoms with van der Waals surface area (Å²) in [6, 6.07) is 9.11. The van der Waals surface area contributed by atoms with Crippen molar-refractivity contribution in [3.05, 3.63) is 56.7 Å². The van der Waals surface area contributed by atoms with Crippen LogP contribution in [0.15, 0.2) is 44.6 Å². The van der Waals surface area contributed by atoms with Gasteiger partial charge in [0.25, 0.3) is 5.56 Å². The number of aliphatic hydroxyl groups excluding tert-OH is 1. The lowest BCUT2D eigenvalue weighted by Crippen LogP contribution is -2.25. The van der Waals surface area contributed by atoms with Crippen LogP contribution in [0.2, 0.25) is 0 Å². The lowest BCUT2D eigenvalue weighted by atomic mass is 10.2. The molecule has 10 heteroatoms. The van der Waals surface area contributed by atoms with Gasteiger partial charge in [0.05, 0.1) is 16.8 Å². The summed E-state index contributed by atoms with van der Waals surface area (Å²) in [4.78, 5) is 31.7. The van der Waals surface area contributed by atoms with Crippen LogP contribution in [0, 0.1) is 11.3 Å². The molecule has 2 heterocycles. The number of hydrogen-bond acceptors (Lipinski definition) is 7. The number of nitriles is 1. The largest absolute Gasteiger partial charge is 0.510 e. The van der Waals surface area contributed by atoms with Crippen LogP contribution < -0.4 is 11.2 Å². The molecule has 0 atom stereocenters. The molecule has 120 valence electrons. The molecule has 2 aromatic heterocycles. The van der Waals surface area contributed by atoms with Gasteiger partial charge in [-0.1, -0.05) is 23.9 Å². The minimum atomic E-state index is -0.718. The van der Waals surface area contributed by atoms with Gasteiger partial charge in [-0.15, -0.1) is 0 Å². The van der Waals surface area contributed by atoms with Crippen LogP contribution in [0.4, 0.5) is 0 Å². The Hall–Kier alpha value is -3.32. The number of aromatic nitrogens is 5. The molecule has 0 aliphatic rings. The molecule has 0 saturated carbocycles. The number of hydrogen-bond donors (Lipinski definition) is 4. The first-order chi connectivity index (χ1) is 11.6. The van der Waals surface area contributed by atoms with E-state index in [1.165, 1.54) is 0 Å². The van der Waals surface area contributed by atoms with Crippen LogP contribution in [0.5, 0.6) is 0 Å². The van der Waals surface area contributed by atoms with E-state index < -0.39 is 11.2 Å². The SMILES string of the molecule is N#C/C(=C(/O)CSc1n[nH]c(=O)[nH]c1=O)c1nc2ccccc2[nH]1. The van der Waals surface area contributed by atoms with Crippen molar-refractivity contribution in [2.45, 2.75) is 5.03 Å². The second kappa shape index (κ2) is 6.43. The highest BCUT2D eigenvalue weighted by Gasteiger charge is 2.14. The number of imidazole rings is 1. The quantitative estimate of drug-likeness (QED) is 0.312. The van der Waals surface area contributed by atoms with Crippen LogP contribution in [0.1, 0.15) is 5.82 Å². The summed E-state index contributed by atoms with van der Waals surface area (Å²) in [5.41, 5.74) is -0.0126. The first kappa shape index (κ1) is 15.6. The molecule has 0 bridgehead atoms. The van der Waals surface area contributed by atoms with Gasteiger partial charge in [-0.3, -0.25) is 9.78 Å². The molecule has 0 spiro atoms. The van der Waals surface area contributed by atoms with Crippen molar-refractivity contribution in [3.63, 3.8) is 0 Å². The summed E-state index contributed by atoms with van der Waals surface area (Å²) >= 11 is 0.883. The number of nitrogens with one attached hydrogen (secondary N) is 3. The fourth-order valence-corrected chi connectivity index (χ4v) is 2.68. The summed E-state index contributed by atoms with van der Waals surface area (Å²) in [7, 11) is 0. The summed E-state index contributed by atoms with van der Waals surface area (Å²) in [5.74, 6) is -0.101. The van der Waals surface area contributed by atoms with E-state index in [2.05, 4.69) is 20.2 Å². The Bertz CT molecular complexity index is 1050. The van der Waals surface area contributed by atoms with Crippen LogP contribution in [0.3, 0.4) is 0 Å². The number of fused-ring (bicyclic) bond motifs is 1. The van der Waals surface area contributed by atoms with Gasteiger partial charge >= 0.3 is 5.69 Å². The molecule has 0 fully saturated rings. The third kappa shape index (κ3) is 3.06. The van der Waals surface area contributed by atoms with Crippen LogP contribution in [0.25, 0.3) is 16.6 Å². The van der Waals surface area contributed by atoms with Crippen molar-refractivity contribution in [2.75, 3.05) is 5.75 Å². The van der Waals surface area contributed by atoms with Crippen LogP contribution >= 0.6 is 11.8 Å². The molecule has 3 aromatic rings. The van der Waals surface area contributed by atoms with Gasteiger partial charge in [0.2, 0.25) is 0 Å². The van der Waals surface area contributed by atoms with E-state index >= 15 is 0 Å². The monoisotopic (exact) mass is 342 g/mol. The Labute approximate surface area is 138 Å². The van der Waals surface area contributed by atoms with Crippen molar-refractivity contribution in [2.24, 2.45) is 0 Å². The van der Waals surface area contributed by atoms with E-state index in [4.69, 9.17) is 0 Å². The lowest BCUT2D eigenvalue weighted by molar-refractivity contribution is 0.420. The number of thioether (sulfide) groups is 1. The highest BCUT2D eigenvalue weighted by Crippen LogP contribution is 2.21. The molecular formula is C14H10N6O3S. The normalized spacial score (nSPS) is 12.0. The Balaban J connectivity index is 1.89. The summed E-state index contributed by atoms with van der Waals surface area (Å²) in [6.07, 6.45) is 0. The fraction of sp³-hybridized carbons (Fsp3) is 0.0714. The molecule has 0 saturated heterocycles. The summed E-state index contributed by atoms with van der Waals surface area (Å²) in [5, 5.41) is 25.1. The first-order valence-corrected chi connectivity index (χ1v) is 7.66. The van der Waals surface area contributed by atoms with Gasteiger partial charge in [-0.2, -0.15) is 10.4 Å². The maximum absolute atomic E-state index is 11.5. The molecule has 1 aromatic carbocycles. The molecule has 0 aliphatic carbocycles. The standard InChI is InChI=1S/C14H10N6O3S/c15-5-7(11-16-8-3-1-2-4-9(8)17-11)10(21)6-24-13-12(22)18-14(23)20-19-13/h1-4,21H,6H2,(H,16,17)(H2,18,20,22,23)/b10-7-. The number of aliphatic hydroxyl groups is 1. The molecule has 24 heavy (non-hydrogen) atoms. The van der Waals surface area contributed by atoms with E-state index in [1.807, 2.05) is 23.2 Å². The van der Waals surface area contributed by atoms with E-state index in [0.29, 0.717) is 5.52 Å². The van der Waals surface area contributed by atoms with Gasteiger partial charge < -0.3 is 10.1 Å². The molecule has 0 radical (unpaired) electrons. The van der Waals surface area contributed by atoms with Gasteiger partial charge in [0.15, 0.2) is 10.9 Å². The van der Waals surface area contributed by atoms with E-state index in [-0.39, 0.29) is 27.9 Å². The van der Waals surface area contributed by atoms with Crippen molar-refractivity contribution in [3.8, 4) is 6.07 Å². The van der Waals surface area contributed by atoms with Gasteiger partial charge in [-0.05, 0) is 12.1 Å². The van der Waals surface area contributed by atoms with E-state index in [0.717, 1.165) is 17.3 Å². The maximum Gasteiger partial charge on any atom is 0.342 e. The average Bonchev–Trinajstić information content (AvgIpc) is 2.98. The van der Waals surface area contributed by atoms with Crippen molar-refractivity contribution < 1.29 is 5.11 Å². The minimum Gasteiger partial charge on any atom is -0.510 e. The second-order valence-electron chi connectivity index (χ2n) is 4.64. The van der Waals surface area contributed by atoms with Crippen LogP contribution in [-0.4, -0.2) is 36.0 Å². The van der Waals surface area contributed by atoms with Crippen molar-refractivity contribution >= 4 is 28.4 Å². The lowest BCUT2D eigenvalue weighted by Gasteiger charge is -2.01. The average molecular weight is 342 g/mol. The number of para-hydroxylation sites is 2. The molecular weight excluding hydrogens is 332 g/mol. The van der Waals surface area contributed by atoms with Crippen molar-refractivity contribution in [1.82, 2.24) is 25.1 Å². The number of benzene rings is 1. The Kier molecular flexibility index (Phi) is 4.17. The second-order valence-corrected chi connectivity index (χ2v) is 5.60. The zero-order chi connectivity index (χ0) is 17.1. The first-order valence-electron chi connectivity index (χ1n) is 6.67. The summed E-state index contributed by atoms with van der Waals surface area (Å²) < 4.78 is 0. The molecule has 0 aliphatic heterocycles. The third-order valence-corrected chi connectivity index (χ3v) is 4.02. The van der Waals surface area contributed by atoms with E-state index in [1.54, 1.807) is 12.1 Å². The summed E-state index contributed by atoms with van der Waals surface area (Å²) in [6.45, 7) is 0. The van der Waals surface area contributed by atoms with E-state index in [9.17, 15) is 20.0 Å². The predicted octanol–water partition coefficient (Wildman–Crippen LogP) is 0.919. The molecule has 0 unspecified atom stereocenters. The third-order valence-electron chi connectivity index (χ3n) is 3.05. The zero-order valence-corrected chi connectivity index (χ0v) is 12.8. The molecule has 3 rings (SSSR count). The number of rotatable bonds is 4. The van der Waals surface area contributed by atoms with Crippen LogP contribution in [-0.2, 0) is 0 Å². The minimum absolute atomic E-state index is 0.0250. The predicted molar refractivity (Wildman–Crippen MR) is 87.5 cm³/mol. The van der Waals surface area contributed by atoms with Gasteiger partial charge in [0, 0.05) is 0 Å². The highest BCUT2D eigenvalue weighted by atomic mass is 32.2. The molecule has 9 nitrogen and oxygen atoms in total. The highest BCUT2D eigenvalue weighted by molar-refractivity contribution is 7.99. The van der Waals surface area contributed by atoms with Gasteiger partial charge in [0.1, 0.15) is 17.4 Å². The Morgan fingerprint density at radius 3 is 2.79 bits per heavy atom. The van der Waals surface area contributed by atoms with Crippen molar-refractivity contribution in [1.29, 1.82) is 5.26 Å². The maximum atomic E-state index is 11.5. The number of H-pyrrole nitrogens is 3. The number of aromatic amines is 3. The molecule has 0 amide bonds. The fourth-order valence-electron chi connectivity index (χ4n) is 1.97. The Morgan fingerprint density at radius 2 is 2.08 bits per heavy atom. The Morgan fingerprint density at radius 1 is 1.29 bits per heavy atom. The van der Waals surface area contributed by atoms with Gasteiger partial charge in [-0.25, -0.2) is 14.9 Å².